The zero-order chi connectivity index (χ0) is 24.2. The Morgan fingerprint density at radius 2 is 2.06 bits per heavy atom. The monoisotopic (exact) mass is 485 g/mol. The van der Waals surface area contributed by atoms with Gasteiger partial charge >= 0.3 is 0 Å². The van der Waals surface area contributed by atoms with Gasteiger partial charge in [0.2, 0.25) is 5.91 Å². The van der Waals surface area contributed by atoms with Crippen LogP contribution in [0.3, 0.4) is 0 Å². The highest BCUT2D eigenvalue weighted by atomic mass is 35.5. The zero-order valence-corrected chi connectivity index (χ0v) is 21.1. The van der Waals surface area contributed by atoms with Crippen molar-refractivity contribution in [3.8, 4) is 0 Å². The summed E-state index contributed by atoms with van der Waals surface area (Å²) < 4.78 is 0. The summed E-state index contributed by atoms with van der Waals surface area (Å²) in [4.78, 5) is 26.9. The van der Waals surface area contributed by atoms with E-state index in [9.17, 15) is 9.90 Å². The molecule has 34 heavy (non-hydrogen) atoms. The second kappa shape index (κ2) is 11.0. The Balaban J connectivity index is 1.48. The third kappa shape index (κ3) is 5.21. The van der Waals surface area contributed by atoms with Crippen LogP contribution >= 0.6 is 11.6 Å². The molecule has 2 N–H and O–H groups in total. The molecule has 1 saturated heterocycles. The van der Waals surface area contributed by atoms with Crippen LogP contribution in [0.4, 0.5) is 5.82 Å². The number of likely N-dealkylation sites (N-methyl/N-ethyl adjacent to an activating group) is 1. The van der Waals surface area contributed by atoms with Gasteiger partial charge in [0, 0.05) is 36.3 Å². The summed E-state index contributed by atoms with van der Waals surface area (Å²) in [5.41, 5.74) is 2.79. The normalized spacial score (nSPS) is 23.0. The van der Waals surface area contributed by atoms with Crippen LogP contribution in [0.25, 0.3) is 0 Å². The van der Waals surface area contributed by atoms with Gasteiger partial charge in [-0.1, -0.05) is 37.6 Å². The van der Waals surface area contributed by atoms with Crippen molar-refractivity contribution in [1.82, 2.24) is 20.2 Å². The largest absolute Gasteiger partial charge is 0.387 e. The van der Waals surface area contributed by atoms with Crippen LogP contribution in [-0.2, 0) is 4.79 Å². The molecule has 0 spiro atoms. The molecule has 184 valence electrons. The molecule has 1 aliphatic heterocycles. The number of aliphatic hydroxyl groups excluding tert-OH is 1. The van der Waals surface area contributed by atoms with Crippen LogP contribution in [0.5, 0.6) is 0 Å². The van der Waals surface area contributed by atoms with Crippen LogP contribution in [0.15, 0.2) is 30.6 Å². The number of hydrogen-bond donors (Lipinski definition) is 2. The quantitative estimate of drug-likeness (QED) is 0.561. The number of carbonyl (C=O) groups is 1. The van der Waals surface area contributed by atoms with E-state index in [-0.39, 0.29) is 23.8 Å². The molecule has 1 aromatic heterocycles. The minimum atomic E-state index is -0.529. The molecule has 7 nitrogen and oxygen atoms in total. The van der Waals surface area contributed by atoms with E-state index >= 15 is 0 Å². The Kier molecular flexibility index (Phi) is 8.06. The first-order valence-corrected chi connectivity index (χ1v) is 12.8. The van der Waals surface area contributed by atoms with E-state index in [0.29, 0.717) is 24.5 Å². The lowest BCUT2D eigenvalue weighted by molar-refractivity contribution is -0.123. The predicted molar refractivity (Wildman–Crippen MR) is 135 cm³/mol. The Hall–Kier alpha value is -2.22. The van der Waals surface area contributed by atoms with E-state index in [1.807, 2.05) is 24.3 Å². The molecule has 8 heteroatoms. The van der Waals surface area contributed by atoms with Crippen LogP contribution < -0.4 is 10.2 Å². The van der Waals surface area contributed by atoms with Gasteiger partial charge in [-0.25, -0.2) is 9.97 Å². The van der Waals surface area contributed by atoms with Gasteiger partial charge in [0.25, 0.3) is 0 Å². The number of halogens is 1. The van der Waals surface area contributed by atoms with Crippen LogP contribution in [0.2, 0.25) is 5.02 Å². The van der Waals surface area contributed by atoms with Crippen LogP contribution in [0, 0.1) is 0 Å². The molecule has 4 rings (SSSR count). The van der Waals surface area contributed by atoms with Gasteiger partial charge in [-0.05, 0) is 62.9 Å². The Morgan fingerprint density at radius 3 is 2.74 bits per heavy atom. The molecular formula is C26H36ClN5O2. The van der Waals surface area contributed by atoms with Crippen molar-refractivity contribution in [2.45, 2.75) is 63.5 Å². The molecule has 1 fully saturated rings. The van der Waals surface area contributed by atoms with Crippen molar-refractivity contribution in [3.63, 3.8) is 0 Å². The van der Waals surface area contributed by atoms with E-state index < -0.39 is 6.10 Å². The SMILES string of the molecule is CCCN(CCNC(=O)[C@@H](c1ccc(Cl)cc1)[C@@H]1CCCN1C)c1ncnc2c1[C@H](C)C[C@H]2O. The summed E-state index contributed by atoms with van der Waals surface area (Å²) in [6, 6.07) is 7.85. The highest BCUT2D eigenvalue weighted by molar-refractivity contribution is 6.30. The summed E-state index contributed by atoms with van der Waals surface area (Å²) in [7, 11) is 2.10. The number of rotatable bonds is 9. The lowest BCUT2D eigenvalue weighted by Crippen LogP contribution is -2.43. The fraction of sp³-hybridized carbons (Fsp3) is 0.577. The van der Waals surface area contributed by atoms with Gasteiger partial charge in [0.1, 0.15) is 12.1 Å². The maximum Gasteiger partial charge on any atom is 0.229 e. The second-order valence-corrected chi connectivity index (χ2v) is 10.1. The van der Waals surface area contributed by atoms with Gasteiger partial charge in [0.15, 0.2) is 0 Å². The molecule has 1 amide bonds. The minimum absolute atomic E-state index is 0.0502. The van der Waals surface area contributed by atoms with Crippen LogP contribution in [0.1, 0.15) is 74.3 Å². The van der Waals surface area contributed by atoms with Crippen LogP contribution in [-0.4, -0.2) is 65.2 Å². The maximum absolute atomic E-state index is 13.5. The molecular weight excluding hydrogens is 450 g/mol. The Labute approximate surface area is 207 Å². The molecule has 1 aliphatic carbocycles. The Bertz CT molecular complexity index is 986. The number of carbonyl (C=O) groups excluding carboxylic acids is 1. The van der Waals surface area contributed by atoms with Crippen molar-refractivity contribution in [2.24, 2.45) is 0 Å². The number of aliphatic hydroxyl groups is 1. The lowest BCUT2D eigenvalue weighted by Gasteiger charge is -2.30. The number of aromatic nitrogens is 2. The van der Waals surface area contributed by atoms with Gasteiger partial charge in [-0.3, -0.25) is 4.79 Å². The van der Waals surface area contributed by atoms with Crippen molar-refractivity contribution in [3.05, 3.63) is 52.4 Å². The topological polar surface area (TPSA) is 81.6 Å². The zero-order valence-electron chi connectivity index (χ0n) is 20.4. The molecule has 0 radical (unpaired) electrons. The van der Waals surface area contributed by atoms with E-state index in [1.165, 1.54) is 0 Å². The number of benzene rings is 1. The summed E-state index contributed by atoms with van der Waals surface area (Å²) >= 11 is 6.11. The van der Waals surface area contributed by atoms with Gasteiger partial charge in [0.05, 0.1) is 17.7 Å². The van der Waals surface area contributed by atoms with Gasteiger partial charge in [-0.2, -0.15) is 0 Å². The minimum Gasteiger partial charge on any atom is -0.387 e. The molecule has 2 aromatic rings. The van der Waals surface area contributed by atoms with E-state index in [1.54, 1.807) is 6.33 Å². The number of nitrogens with zero attached hydrogens (tertiary/aromatic N) is 4. The predicted octanol–water partition coefficient (Wildman–Crippen LogP) is 3.88. The fourth-order valence-corrected chi connectivity index (χ4v) is 5.67. The molecule has 0 unspecified atom stereocenters. The van der Waals surface area contributed by atoms with Gasteiger partial charge in [-0.15, -0.1) is 0 Å². The molecule has 0 saturated carbocycles. The first kappa shape index (κ1) is 24.9. The highest BCUT2D eigenvalue weighted by Gasteiger charge is 2.36. The summed E-state index contributed by atoms with van der Waals surface area (Å²) in [5.74, 6) is 0.911. The van der Waals surface area contributed by atoms with Gasteiger partial charge < -0.3 is 20.2 Å². The standard InChI is InChI=1S/C26H36ClN5O2/c1-4-12-32(25-22-17(2)15-21(33)24(22)29-16-30-25)14-11-28-26(34)23(20-6-5-13-31(20)3)18-7-9-19(27)10-8-18/h7-10,16-17,20-21,23,33H,4-6,11-15H2,1-3H3,(H,28,34)/t17-,20+,21-,23+/m1/s1. The smallest absolute Gasteiger partial charge is 0.229 e. The summed E-state index contributed by atoms with van der Waals surface area (Å²) in [5, 5.41) is 14.3. The number of fused-ring (bicyclic) bond motifs is 1. The van der Waals surface area contributed by atoms with E-state index in [0.717, 1.165) is 55.0 Å². The van der Waals surface area contributed by atoms with E-state index in [2.05, 4.69) is 46.0 Å². The number of hydrogen-bond acceptors (Lipinski definition) is 6. The Morgan fingerprint density at radius 1 is 1.29 bits per heavy atom. The number of anilines is 1. The van der Waals surface area contributed by atoms with Crippen molar-refractivity contribution >= 4 is 23.3 Å². The second-order valence-electron chi connectivity index (χ2n) is 9.65. The first-order chi connectivity index (χ1) is 16.4. The maximum atomic E-state index is 13.5. The summed E-state index contributed by atoms with van der Waals surface area (Å²) in [6.45, 7) is 7.26. The summed E-state index contributed by atoms with van der Waals surface area (Å²) in [6.07, 6.45) is 4.76. The first-order valence-electron chi connectivity index (χ1n) is 12.4. The highest BCUT2D eigenvalue weighted by Crippen LogP contribution is 2.42. The number of amides is 1. The van der Waals surface area contributed by atoms with Crippen molar-refractivity contribution in [1.29, 1.82) is 0 Å². The average Bonchev–Trinajstić information content (AvgIpc) is 3.37. The lowest BCUT2D eigenvalue weighted by atomic mass is 9.89. The molecule has 4 atom stereocenters. The number of nitrogens with one attached hydrogen (secondary N) is 1. The third-order valence-electron chi connectivity index (χ3n) is 7.23. The third-order valence-corrected chi connectivity index (χ3v) is 7.48. The molecule has 2 heterocycles. The molecule has 2 aliphatic rings. The van der Waals surface area contributed by atoms with Crippen molar-refractivity contribution < 1.29 is 9.90 Å². The average molecular weight is 486 g/mol. The van der Waals surface area contributed by atoms with E-state index in [4.69, 9.17) is 11.6 Å². The fourth-order valence-electron chi connectivity index (χ4n) is 5.55. The number of likely N-dealkylation sites (tertiary alicyclic amines) is 1. The molecule has 0 bridgehead atoms. The van der Waals surface area contributed by atoms with Crippen molar-refractivity contribution in [2.75, 3.05) is 38.1 Å². The molecule has 1 aromatic carbocycles.